The van der Waals surface area contributed by atoms with E-state index in [4.69, 9.17) is 32.7 Å². The molecule has 2 amide bonds. The summed E-state index contributed by atoms with van der Waals surface area (Å²) >= 11 is 11.7. The third-order valence-electron chi connectivity index (χ3n) is 3.44. The lowest BCUT2D eigenvalue weighted by molar-refractivity contribution is -0.136. The summed E-state index contributed by atoms with van der Waals surface area (Å²) in [4.78, 5) is 23.8. The number of hydrogen-bond donors (Lipinski definition) is 2. The van der Waals surface area contributed by atoms with Crippen molar-refractivity contribution in [3.8, 4) is 11.5 Å². The van der Waals surface area contributed by atoms with Crippen LogP contribution in [0.4, 0.5) is 5.69 Å². The molecule has 2 rings (SSSR count). The third-order valence-corrected chi connectivity index (χ3v) is 3.87. The second-order valence-electron chi connectivity index (χ2n) is 5.80. The summed E-state index contributed by atoms with van der Waals surface area (Å²) in [5, 5.41) is 6.86. The quantitative estimate of drug-likeness (QED) is 0.366. The number of hydrogen-bond acceptors (Lipinski definition) is 5. The summed E-state index contributed by atoms with van der Waals surface area (Å²) in [6.45, 7) is 4.95. The average molecular weight is 438 g/mol. The minimum atomic E-state index is -0.940. The lowest BCUT2D eigenvalue weighted by Crippen LogP contribution is -2.32. The topological polar surface area (TPSA) is 89.0 Å². The summed E-state index contributed by atoms with van der Waals surface area (Å²) in [6.07, 6.45) is 2.28. The second kappa shape index (κ2) is 11.3. The highest BCUT2D eigenvalue weighted by atomic mass is 35.5. The van der Waals surface area contributed by atoms with Crippen LogP contribution in [-0.2, 0) is 9.59 Å². The fourth-order valence-corrected chi connectivity index (χ4v) is 2.76. The standard InChI is InChI=1S/C20H21Cl2N3O4/c1-3-7-29-17-6-5-13(8-18(17)28-4-2)12-23-25-20(27)19(26)24-16-10-14(21)9-15(22)11-16/h5-6,8-12H,3-4,7H2,1-2H3,(H,24,26)(H,25,27)/b23-12-. The van der Waals surface area contributed by atoms with Crippen LogP contribution in [0.2, 0.25) is 10.0 Å². The van der Waals surface area contributed by atoms with Crippen molar-refractivity contribution in [1.82, 2.24) is 5.43 Å². The van der Waals surface area contributed by atoms with Gasteiger partial charge < -0.3 is 14.8 Å². The molecule has 154 valence electrons. The largest absolute Gasteiger partial charge is 0.490 e. The Hall–Kier alpha value is -2.77. The maximum absolute atomic E-state index is 11.9. The Balaban J connectivity index is 1.97. The second-order valence-corrected chi connectivity index (χ2v) is 6.67. The number of hydrazone groups is 1. The molecular weight excluding hydrogens is 417 g/mol. The molecule has 29 heavy (non-hydrogen) atoms. The van der Waals surface area contributed by atoms with Crippen LogP contribution in [0, 0.1) is 0 Å². The molecule has 2 N–H and O–H groups in total. The summed E-state index contributed by atoms with van der Waals surface area (Å²) in [5.41, 5.74) is 3.13. The number of nitrogens with one attached hydrogen (secondary N) is 2. The maximum Gasteiger partial charge on any atom is 0.329 e. The van der Waals surface area contributed by atoms with Crippen LogP contribution in [-0.4, -0.2) is 31.2 Å². The fraction of sp³-hybridized carbons (Fsp3) is 0.250. The fourth-order valence-electron chi connectivity index (χ4n) is 2.23. The number of carbonyl (C=O) groups excluding carboxylic acids is 2. The summed E-state index contributed by atoms with van der Waals surface area (Å²) in [6, 6.07) is 9.71. The number of benzene rings is 2. The van der Waals surface area contributed by atoms with Gasteiger partial charge in [0.1, 0.15) is 0 Å². The molecule has 7 nitrogen and oxygen atoms in total. The average Bonchev–Trinajstić information content (AvgIpc) is 2.66. The number of anilines is 1. The van der Waals surface area contributed by atoms with E-state index in [9.17, 15) is 9.59 Å². The van der Waals surface area contributed by atoms with Gasteiger partial charge in [0.05, 0.1) is 19.4 Å². The van der Waals surface area contributed by atoms with Gasteiger partial charge in [0.25, 0.3) is 0 Å². The van der Waals surface area contributed by atoms with Gasteiger partial charge in [0.15, 0.2) is 11.5 Å². The van der Waals surface area contributed by atoms with Crippen LogP contribution in [0.15, 0.2) is 41.5 Å². The van der Waals surface area contributed by atoms with Crippen LogP contribution < -0.4 is 20.2 Å². The van der Waals surface area contributed by atoms with Crippen molar-refractivity contribution in [3.05, 3.63) is 52.0 Å². The first-order valence-corrected chi connectivity index (χ1v) is 9.68. The monoisotopic (exact) mass is 437 g/mol. The molecule has 0 radical (unpaired) electrons. The first-order valence-electron chi connectivity index (χ1n) is 8.93. The zero-order chi connectivity index (χ0) is 21.2. The van der Waals surface area contributed by atoms with Crippen molar-refractivity contribution in [1.29, 1.82) is 0 Å². The van der Waals surface area contributed by atoms with Crippen molar-refractivity contribution in [2.45, 2.75) is 20.3 Å². The molecule has 0 heterocycles. The molecule has 9 heteroatoms. The molecule has 0 aliphatic rings. The van der Waals surface area contributed by atoms with Gasteiger partial charge in [-0.25, -0.2) is 5.43 Å². The van der Waals surface area contributed by atoms with E-state index in [1.54, 1.807) is 18.2 Å². The molecule has 2 aromatic carbocycles. The molecule has 0 fully saturated rings. The maximum atomic E-state index is 11.9. The molecule has 0 unspecified atom stereocenters. The van der Waals surface area contributed by atoms with Gasteiger partial charge in [-0.15, -0.1) is 0 Å². The highest BCUT2D eigenvalue weighted by Gasteiger charge is 2.13. The summed E-state index contributed by atoms with van der Waals surface area (Å²) in [5.74, 6) is -0.634. The van der Waals surface area contributed by atoms with Crippen molar-refractivity contribution >= 4 is 46.9 Å². The van der Waals surface area contributed by atoms with Gasteiger partial charge in [0, 0.05) is 15.7 Å². The van der Waals surface area contributed by atoms with Crippen molar-refractivity contribution in [3.63, 3.8) is 0 Å². The van der Waals surface area contributed by atoms with E-state index in [0.29, 0.717) is 46.0 Å². The van der Waals surface area contributed by atoms with Crippen molar-refractivity contribution in [2.75, 3.05) is 18.5 Å². The molecule has 0 aromatic heterocycles. The van der Waals surface area contributed by atoms with E-state index in [0.717, 1.165) is 6.42 Å². The molecule has 2 aromatic rings. The predicted molar refractivity (Wildman–Crippen MR) is 114 cm³/mol. The molecular formula is C20H21Cl2N3O4. The first-order chi connectivity index (χ1) is 13.9. The van der Waals surface area contributed by atoms with E-state index in [2.05, 4.69) is 15.8 Å². The minimum absolute atomic E-state index is 0.302. The highest BCUT2D eigenvalue weighted by Crippen LogP contribution is 2.28. The van der Waals surface area contributed by atoms with E-state index >= 15 is 0 Å². The molecule has 0 bridgehead atoms. The number of halogens is 2. The Kier molecular flexibility index (Phi) is 8.76. The zero-order valence-electron chi connectivity index (χ0n) is 16.0. The number of rotatable bonds is 8. The smallest absolute Gasteiger partial charge is 0.329 e. The van der Waals surface area contributed by atoms with Crippen LogP contribution in [0.3, 0.4) is 0 Å². The Morgan fingerprint density at radius 3 is 2.38 bits per heavy atom. The lowest BCUT2D eigenvalue weighted by atomic mass is 10.2. The normalized spacial score (nSPS) is 10.6. The molecule has 0 spiro atoms. The zero-order valence-corrected chi connectivity index (χ0v) is 17.5. The molecule has 0 saturated carbocycles. The van der Waals surface area contributed by atoms with Crippen LogP contribution in [0.1, 0.15) is 25.8 Å². The third kappa shape index (κ3) is 7.29. The van der Waals surface area contributed by atoms with Crippen LogP contribution in [0.5, 0.6) is 11.5 Å². The molecule has 0 saturated heterocycles. The van der Waals surface area contributed by atoms with Gasteiger partial charge in [-0.3, -0.25) is 9.59 Å². The van der Waals surface area contributed by atoms with Gasteiger partial charge in [-0.05, 0) is 55.3 Å². The SMILES string of the molecule is CCCOc1ccc(/C=N\NC(=O)C(=O)Nc2cc(Cl)cc(Cl)c2)cc1OCC. The van der Waals surface area contributed by atoms with E-state index in [1.807, 2.05) is 13.8 Å². The Bertz CT molecular complexity index is 883. The predicted octanol–water partition coefficient (Wildman–Crippen LogP) is 4.27. The Morgan fingerprint density at radius 1 is 1.00 bits per heavy atom. The number of ether oxygens (including phenoxy) is 2. The Labute approximate surface area is 179 Å². The highest BCUT2D eigenvalue weighted by molar-refractivity contribution is 6.40. The van der Waals surface area contributed by atoms with Gasteiger partial charge >= 0.3 is 11.8 Å². The van der Waals surface area contributed by atoms with E-state index < -0.39 is 11.8 Å². The van der Waals surface area contributed by atoms with Gasteiger partial charge in [-0.2, -0.15) is 5.10 Å². The van der Waals surface area contributed by atoms with Gasteiger partial charge in [-0.1, -0.05) is 30.1 Å². The summed E-state index contributed by atoms with van der Waals surface area (Å²) in [7, 11) is 0. The molecule has 0 aliphatic carbocycles. The van der Waals surface area contributed by atoms with E-state index in [1.165, 1.54) is 24.4 Å². The molecule has 0 aliphatic heterocycles. The van der Waals surface area contributed by atoms with Crippen LogP contribution in [0.25, 0.3) is 0 Å². The summed E-state index contributed by atoms with van der Waals surface area (Å²) < 4.78 is 11.2. The number of nitrogens with zero attached hydrogens (tertiary/aromatic N) is 1. The van der Waals surface area contributed by atoms with Gasteiger partial charge in [0.2, 0.25) is 0 Å². The molecule has 0 atom stereocenters. The minimum Gasteiger partial charge on any atom is -0.490 e. The van der Waals surface area contributed by atoms with E-state index in [-0.39, 0.29) is 0 Å². The Morgan fingerprint density at radius 2 is 1.72 bits per heavy atom. The van der Waals surface area contributed by atoms with Crippen molar-refractivity contribution in [2.24, 2.45) is 5.10 Å². The van der Waals surface area contributed by atoms with Crippen molar-refractivity contribution < 1.29 is 19.1 Å². The first kappa shape index (κ1) is 22.5. The lowest BCUT2D eigenvalue weighted by Gasteiger charge is -2.11. The number of carbonyl (C=O) groups is 2. The van der Waals surface area contributed by atoms with Crippen LogP contribution >= 0.6 is 23.2 Å². The number of amides is 2.